The third-order valence-corrected chi connectivity index (χ3v) is 1.05. The van der Waals surface area contributed by atoms with E-state index in [0.717, 1.165) is 0 Å². The minimum absolute atomic E-state index is 0.0580. The third-order valence-electron chi connectivity index (χ3n) is 1.05. The van der Waals surface area contributed by atoms with Crippen LogP contribution >= 0.6 is 0 Å². The lowest BCUT2D eigenvalue weighted by atomic mass is 10.5. The molecule has 0 rings (SSSR count). The molecular formula is C7H14N2O3. The number of amides is 1. The van der Waals surface area contributed by atoms with Crippen molar-refractivity contribution in [2.75, 3.05) is 27.4 Å². The molecule has 0 fully saturated rings. The highest BCUT2D eigenvalue weighted by Crippen LogP contribution is 1.82. The number of rotatable bonds is 5. The highest BCUT2D eigenvalue weighted by Gasteiger charge is 1.96. The van der Waals surface area contributed by atoms with Crippen molar-refractivity contribution in [1.82, 2.24) is 5.32 Å². The molecule has 0 bridgehead atoms. The Bertz CT molecular complexity index is 168. The van der Waals surface area contributed by atoms with Crippen molar-refractivity contribution in [1.29, 1.82) is 0 Å². The molecule has 0 aliphatic heterocycles. The predicted octanol–water partition coefficient (Wildman–Crippen LogP) is -0.229. The van der Waals surface area contributed by atoms with E-state index in [-0.39, 0.29) is 12.5 Å². The number of methoxy groups -OCH3 is 1. The summed E-state index contributed by atoms with van der Waals surface area (Å²) in [5.41, 5.74) is 0.696. The Kier molecular flexibility index (Phi) is 6.00. The zero-order valence-corrected chi connectivity index (χ0v) is 7.59. The Balaban J connectivity index is 3.52. The molecule has 12 heavy (non-hydrogen) atoms. The van der Waals surface area contributed by atoms with Crippen LogP contribution in [0.15, 0.2) is 5.16 Å². The Hall–Kier alpha value is -1.10. The Morgan fingerprint density at radius 2 is 2.17 bits per heavy atom. The molecule has 0 aromatic heterocycles. The molecule has 0 aliphatic carbocycles. The van der Waals surface area contributed by atoms with Gasteiger partial charge in [-0.1, -0.05) is 5.16 Å². The van der Waals surface area contributed by atoms with Gasteiger partial charge in [-0.05, 0) is 6.92 Å². The summed E-state index contributed by atoms with van der Waals surface area (Å²) in [5.74, 6) is -0.205. The molecule has 1 amide bonds. The number of carbonyl (C=O) groups is 1. The Morgan fingerprint density at radius 3 is 2.67 bits per heavy atom. The van der Waals surface area contributed by atoms with Gasteiger partial charge >= 0.3 is 0 Å². The van der Waals surface area contributed by atoms with Crippen LogP contribution < -0.4 is 5.32 Å². The minimum Gasteiger partial charge on any atom is -0.386 e. The van der Waals surface area contributed by atoms with Gasteiger partial charge in [0.15, 0.2) is 6.61 Å². The lowest BCUT2D eigenvalue weighted by Crippen LogP contribution is -2.22. The molecule has 70 valence electrons. The third kappa shape index (κ3) is 5.67. The van der Waals surface area contributed by atoms with Crippen LogP contribution in [0.4, 0.5) is 0 Å². The fourth-order valence-electron chi connectivity index (χ4n) is 0.509. The molecule has 0 unspecified atom stereocenters. The van der Waals surface area contributed by atoms with Crippen molar-refractivity contribution in [2.45, 2.75) is 6.92 Å². The van der Waals surface area contributed by atoms with Crippen molar-refractivity contribution in [3.8, 4) is 0 Å². The van der Waals surface area contributed by atoms with Crippen LogP contribution in [0, 0.1) is 0 Å². The van der Waals surface area contributed by atoms with E-state index in [1.165, 1.54) is 7.05 Å². The van der Waals surface area contributed by atoms with Crippen molar-refractivity contribution >= 4 is 11.6 Å². The molecule has 0 aliphatic rings. The van der Waals surface area contributed by atoms with Crippen LogP contribution in [0.1, 0.15) is 6.92 Å². The van der Waals surface area contributed by atoms with E-state index >= 15 is 0 Å². The monoisotopic (exact) mass is 174 g/mol. The molecule has 0 aromatic carbocycles. The van der Waals surface area contributed by atoms with Crippen LogP contribution in [0.3, 0.4) is 0 Å². The summed E-state index contributed by atoms with van der Waals surface area (Å²) in [4.78, 5) is 15.3. The highest BCUT2D eigenvalue weighted by molar-refractivity contribution is 5.82. The molecule has 0 radical (unpaired) electrons. The maximum Gasteiger partial charge on any atom is 0.260 e. The molecular weight excluding hydrogens is 160 g/mol. The second-order valence-corrected chi connectivity index (χ2v) is 2.21. The molecule has 0 saturated carbocycles. The zero-order chi connectivity index (χ0) is 9.40. The first-order valence-corrected chi connectivity index (χ1v) is 3.55. The maximum atomic E-state index is 10.6. The van der Waals surface area contributed by atoms with E-state index < -0.39 is 0 Å². The highest BCUT2D eigenvalue weighted by atomic mass is 16.6. The standard InChI is InChI=1S/C7H14N2O3/c1-6(4-11-3)9-12-5-7(10)8-2/h4-5H2,1-3H3,(H,8,10)/b9-6+. The van der Waals surface area contributed by atoms with Gasteiger partial charge in [0.05, 0.1) is 12.3 Å². The molecule has 0 saturated heterocycles. The summed E-state index contributed by atoms with van der Waals surface area (Å²) in [6.07, 6.45) is 0. The number of hydrogen-bond donors (Lipinski definition) is 1. The molecule has 5 heteroatoms. The summed E-state index contributed by atoms with van der Waals surface area (Å²) >= 11 is 0. The van der Waals surface area contributed by atoms with E-state index in [9.17, 15) is 4.79 Å². The lowest BCUT2D eigenvalue weighted by Gasteiger charge is -1.99. The summed E-state index contributed by atoms with van der Waals surface area (Å²) in [6, 6.07) is 0. The van der Waals surface area contributed by atoms with Crippen LogP contribution in [-0.4, -0.2) is 39.0 Å². The Morgan fingerprint density at radius 1 is 1.50 bits per heavy atom. The van der Waals surface area contributed by atoms with Gasteiger partial charge in [-0.2, -0.15) is 0 Å². The van der Waals surface area contributed by atoms with Crippen LogP contribution in [0.5, 0.6) is 0 Å². The predicted molar refractivity (Wildman–Crippen MR) is 45.0 cm³/mol. The number of nitrogens with one attached hydrogen (secondary N) is 1. The smallest absolute Gasteiger partial charge is 0.260 e. The SMILES string of the molecule is CNC(=O)CO/N=C(\C)COC. The van der Waals surface area contributed by atoms with Gasteiger partial charge < -0.3 is 14.9 Å². The van der Waals surface area contributed by atoms with Gasteiger partial charge in [-0.15, -0.1) is 0 Å². The van der Waals surface area contributed by atoms with Gasteiger partial charge in [0.2, 0.25) is 0 Å². The van der Waals surface area contributed by atoms with Crippen molar-refractivity contribution in [3.63, 3.8) is 0 Å². The fourth-order valence-corrected chi connectivity index (χ4v) is 0.509. The molecule has 0 spiro atoms. The van der Waals surface area contributed by atoms with Gasteiger partial charge in [0.25, 0.3) is 5.91 Å². The normalized spacial score (nSPS) is 11.1. The largest absolute Gasteiger partial charge is 0.386 e. The number of nitrogens with zero attached hydrogens (tertiary/aromatic N) is 1. The topological polar surface area (TPSA) is 59.9 Å². The lowest BCUT2D eigenvalue weighted by molar-refractivity contribution is -0.125. The molecule has 0 heterocycles. The summed E-state index contributed by atoms with van der Waals surface area (Å²) < 4.78 is 4.78. The van der Waals surface area contributed by atoms with Crippen LogP contribution in [0.2, 0.25) is 0 Å². The van der Waals surface area contributed by atoms with Gasteiger partial charge in [0, 0.05) is 14.2 Å². The second kappa shape index (κ2) is 6.60. The zero-order valence-electron chi connectivity index (χ0n) is 7.59. The summed E-state index contributed by atoms with van der Waals surface area (Å²) in [6.45, 7) is 2.11. The number of ether oxygens (including phenoxy) is 1. The second-order valence-electron chi connectivity index (χ2n) is 2.21. The van der Waals surface area contributed by atoms with E-state index in [1.54, 1.807) is 14.0 Å². The fraction of sp³-hybridized carbons (Fsp3) is 0.714. The quantitative estimate of drug-likeness (QED) is 0.462. The van der Waals surface area contributed by atoms with Crippen molar-refractivity contribution in [2.24, 2.45) is 5.16 Å². The van der Waals surface area contributed by atoms with Crippen LogP contribution in [0.25, 0.3) is 0 Å². The van der Waals surface area contributed by atoms with Gasteiger partial charge in [-0.25, -0.2) is 0 Å². The van der Waals surface area contributed by atoms with E-state index in [0.29, 0.717) is 12.3 Å². The minimum atomic E-state index is -0.205. The first-order chi connectivity index (χ1) is 5.70. The molecule has 5 nitrogen and oxygen atoms in total. The van der Waals surface area contributed by atoms with Crippen molar-refractivity contribution in [3.05, 3.63) is 0 Å². The summed E-state index contributed by atoms with van der Waals surface area (Å²) in [7, 11) is 3.11. The first kappa shape index (κ1) is 10.9. The molecule has 1 N–H and O–H groups in total. The number of likely N-dealkylation sites (N-methyl/N-ethyl adjacent to an activating group) is 1. The molecule has 0 atom stereocenters. The van der Waals surface area contributed by atoms with Crippen LogP contribution in [-0.2, 0) is 14.4 Å². The Labute approximate surface area is 71.7 Å². The van der Waals surface area contributed by atoms with E-state index in [4.69, 9.17) is 9.57 Å². The average molecular weight is 174 g/mol. The molecule has 0 aromatic rings. The van der Waals surface area contributed by atoms with Crippen molar-refractivity contribution < 1.29 is 14.4 Å². The average Bonchev–Trinajstić information content (AvgIpc) is 2.04. The van der Waals surface area contributed by atoms with Gasteiger partial charge in [-0.3, -0.25) is 4.79 Å². The first-order valence-electron chi connectivity index (χ1n) is 3.55. The number of oxime groups is 1. The number of carbonyl (C=O) groups excluding carboxylic acids is 1. The summed E-state index contributed by atoms with van der Waals surface area (Å²) in [5, 5.41) is 6.04. The van der Waals surface area contributed by atoms with E-state index in [2.05, 4.69) is 10.5 Å². The number of hydrogen-bond acceptors (Lipinski definition) is 4. The maximum absolute atomic E-state index is 10.6. The van der Waals surface area contributed by atoms with Gasteiger partial charge in [0.1, 0.15) is 0 Å². The van der Waals surface area contributed by atoms with E-state index in [1.807, 2.05) is 0 Å².